The quantitative estimate of drug-likeness (QED) is 0.154. The number of benzene rings is 5. The Balaban J connectivity index is 0.935. The second-order valence-electron chi connectivity index (χ2n) is 13.5. The van der Waals surface area contributed by atoms with Crippen LogP contribution in [-0.4, -0.2) is 9.97 Å². The number of furan rings is 2. The Morgan fingerprint density at radius 3 is 1.38 bits per heavy atom. The molecule has 0 spiro atoms. The Morgan fingerprint density at radius 1 is 0.429 bits per heavy atom. The van der Waals surface area contributed by atoms with E-state index in [0.29, 0.717) is 0 Å². The van der Waals surface area contributed by atoms with Gasteiger partial charge in [0.15, 0.2) is 0 Å². The normalized spacial score (nSPS) is 11.6. The highest BCUT2D eigenvalue weighted by atomic mass is 32.1. The van der Waals surface area contributed by atoms with Gasteiger partial charge in [-0.05, 0) is 72.8 Å². The topological polar surface area (TPSA) is 58.5 Å². The first kappa shape index (κ1) is 32.4. The summed E-state index contributed by atoms with van der Waals surface area (Å²) < 4.78 is 15.8. The van der Waals surface area contributed by atoms with Crippen LogP contribution in [0.3, 0.4) is 0 Å². The van der Waals surface area contributed by atoms with Crippen LogP contribution in [0.25, 0.3) is 64.6 Å². The highest BCUT2D eigenvalue weighted by Crippen LogP contribution is 2.46. The van der Waals surface area contributed by atoms with Crippen molar-refractivity contribution in [3.05, 3.63) is 181 Å². The first-order valence-electron chi connectivity index (χ1n) is 18.3. The lowest BCUT2D eigenvalue weighted by Crippen LogP contribution is -2.08. The van der Waals surface area contributed by atoms with Gasteiger partial charge in [-0.3, -0.25) is 19.8 Å². The van der Waals surface area contributed by atoms with Crippen molar-refractivity contribution in [2.75, 3.05) is 9.80 Å². The smallest absolute Gasteiger partial charge is 0.205 e. The molecular weight excluding hydrogens is 729 g/mol. The number of aromatic nitrogens is 2. The van der Waals surface area contributed by atoms with Crippen LogP contribution in [0.1, 0.15) is 0 Å². The number of nitrogens with zero attached hydrogens (tertiary/aromatic N) is 4. The Morgan fingerprint density at radius 2 is 0.893 bits per heavy atom. The predicted molar refractivity (Wildman–Crippen MR) is 233 cm³/mol. The third-order valence-electron chi connectivity index (χ3n) is 10.2. The minimum atomic E-state index is 0.733. The lowest BCUT2D eigenvalue weighted by atomic mass is 10.1. The second-order valence-corrected chi connectivity index (χ2v) is 15.3. The molecule has 11 aromatic rings. The molecule has 11 rings (SSSR count). The van der Waals surface area contributed by atoms with E-state index in [2.05, 4.69) is 152 Å². The average molecular weight is 759 g/mol. The molecule has 5 aromatic carbocycles. The molecule has 0 aliphatic carbocycles. The Bertz CT molecular complexity index is 2980. The first-order valence-corrected chi connectivity index (χ1v) is 20.0. The van der Waals surface area contributed by atoms with Crippen LogP contribution in [0.2, 0.25) is 0 Å². The lowest BCUT2D eigenvalue weighted by molar-refractivity contribution is 0.587. The van der Waals surface area contributed by atoms with E-state index in [1.807, 2.05) is 48.8 Å². The number of rotatable bonds is 8. The Hall–Kier alpha value is -7.00. The van der Waals surface area contributed by atoms with Crippen molar-refractivity contribution in [3.63, 3.8) is 0 Å². The van der Waals surface area contributed by atoms with Crippen molar-refractivity contribution in [2.24, 2.45) is 0 Å². The van der Waals surface area contributed by atoms with E-state index in [0.717, 1.165) is 79.0 Å². The fraction of sp³-hybridized carbons (Fsp3) is 0. The van der Waals surface area contributed by atoms with Crippen LogP contribution in [0.15, 0.2) is 190 Å². The first-order chi connectivity index (χ1) is 27.7. The third-order valence-corrected chi connectivity index (χ3v) is 12.1. The average Bonchev–Trinajstić information content (AvgIpc) is 4.10. The summed E-state index contributed by atoms with van der Waals surface area (Å²) in [5.41, 5.74) is 8.00. The Kier molecular flexibility index (Phi) is 7.75. The number of anilines is 6. The van der Waals surface area contributed by atoms with Crippen molar-refractivity contribution in [1.82, 2.24) is 9.97 Å². The summed E-state index contributed by atoms with van der Waals surface area (Å²) in [5, 5.41) is 8.89. The molecule has 56 heavy (non-hydrogen) atoms. The molecule has 0 aliphatic heterocycles. The van der Waals surface area contributed by atoms with Crippen LogP contribution in [0, 0.1) is 0 Å². The fourth-order valence-electron chi connectivity index (χ4n) is 7.45. The van der Waals surface area contributed by atoms with Gasteiger partial charge < -0.3 is 8.83 Å². The van der Waals surface area contributed by atoms with Crippen LogP contribution in [0.5, 0.6) is 0 Å². The van der Waals surface area contributed by atoms with Crippen molar-refractivity contribution >= 4 is 99.2 Å². The molecule has 266 valence electrons. The zero-order valence-electron chi connectivity index (χ0n) is 29.7. The summed E-state index contributed by atoms with van der Waals surface area (Å²) in [6.07, 6.45) is 3.65. The van der Waals surface area contributed by atoms with Crippen LogP contribution in [0.4, 0.5) is 34.5 Å². The molecule has 0 saturated heterocycles. The molecule has 0 N–H and O–H groups in total. The van der Waals surface area contributed by atoms with E-state index in [-0.39, 0.29) is 0 Å². The molecule has 0 radical (unpaired) electrons. The molecule has 8 heteroatoms. The van der Waals surface area contributed by atoms with E-state index in [1.165, 1.54) is 20.2 Å². The van der Waals surface area contributed by atoms with E-state index < -0.39 is 0 Å². The van der Waals surface area contributed by atoms with Gasteiger partial charge in [-0.25, -0.2) is 0 Å². The third kappa shape index (κ3) is 5.62. The number of hydrogen-bond acceptors (Lipinski definition) is 8. The minimum Gasteiger partial charge on any atom is -0.440 e. The van der Waals surface area contributed by atoms with Crippen LogP contribution in [-0.2, 0) is 0 Å². The van der Waals surface area contributed by atoms with Crippen LogP contribution >= 0.6 is 22.7 Å². The lowest BCUT2D eigenvalue weighted by Gasteiger charge is -2.22. The monoisotopic (exact) mass is 758 g/mol. The van der Waals surface area contributed by atoms with Gasteiger partial charge in [0.2, 0.25) is 11.8 Å². The summed E-state index contributed by atoms with van der Waals surface area (Å²) in [4.78, 5) is 13.5. The molecule has 0 bridgehead atoms. The van der Waals surface area contributed by atoms with Crippen molar-refractivity contribution < 1.29 is 8.83 Å². The molecule has 6 nitrogen and oxygen atoms in total. The van der Waals surface area contributed by atoms with Crippen molar-refractivity contribution in [1.29, 1.82) is 0 Å². The second kappa shape index (κ2) is 13.4. The Labute approximate surface area is 329 Å². The van der Waals surface area contributed by atoms with Gasteiger partial charge in [-0.2, -0.15) is 0 Å². The van der Waals surface area contributed by atoms with E-state index in [1.54, 1.807) is 22.7 Å². The van der Waals surface area contributed by atoms with E-state index in [9.17, 15) is 0 Å². The molecule has 0 atom stereocenters. The summed E-state index contributed by atoms with van der Waals surface area (Å²) in [5.74, 6) is 3.02. The van der Waals surface area contributed by atoms with Crippen molar-refractivity contribution in [2.45, 2.75) is 0 Å². The van der Waals surface area contributed by atoms with Gasteiger partial charge in [0.1, 0.15) is 11.5 Å². The standard InChI is InChI=1S/C48H30N4O2S2/c1-3-11-45-37(9-1)41(29-55-45)51(35-17-19-39-33(27-35)7-5-25-49-39)47-23-21-43(53-47)31-13-15-32(16-14-31)44-22-24-48(54-44)52(42-30-56-46-12-4-2-10-38(42)46)36-18-20-40-34(28-36)8-6-26-50-40/h1-30H. The maximum absolute atomic E-state index is 6.69. The van der Waals surface area contributed by atoms with E-state index in [4.69, 9.17) is 8.83 Å². The zero-order chi connectivity index (χ0) is 37.0. The molecule has 0 aliphatic rings. The van der Waals surface area contributed by atoms with Gasteiger partial charge in [0.25, 0.3) is 0 Å². The van der Waals surface area contributed by atoms with E-state index >= 15 is 0 Å². The zero-order valence-corrected chi connectivity index (χ0v) is 31.4. The molecule has 6 heterocycles. The van der Waals surface area contributed by atoms with Crippen LogP contribution < -0.4 is 9.80 Å². The van der Waals surface area contributed by atoms with Gasteiger partial charge in [0.05, 0.1) is 22.4 Å². The highest BCUT2D eigenvalue weighted by molar-refractivity contribution is 7.18. The maximum atomic E-state index is 6.69. The summed E-state index contributed by atoms with van der Waals surface area (Å²) in [6, 6.07) is 54.3. The van der Waals surface area contributed by atoms with Gasteiger partial charge >= 0.3 is 0 Å². The number of pyridine rings is 2. The summed E-state index contributed by atoms with van der Waals surface area (Å²) in [7, 11) is 0. The highest BCUT2D eigenvalue weighted by Gasteiger charge is 2.23. The number of fused-ring (bicyclic) bond motifs is 4. The maximum Gasteiger partial charge on any atom is 0.205 e. The molecular formula is C48H30N4O2S2. The molecule has 0 fully saturated rings. The molecule has 0 unspecified atom stereocenters. The van der Waals surface area contributed by atoms with Gasteiger partial charge in [-0.1, -0.05) is 72.8 Å². The SMILES string of the molecule is c1cnc2ccc(N(c3ccc(-c4ccc(-c5ccc(N(c6ccc7ncccc7c6)c6csc7ccccc67)o5)cc4)o3)c3csc4ccccc34)cc2c1. The summed E-state index contributed by atoms with van der Waals surface area (Å²) in [6.45, 7) is 0. The number of hydrogen-bond donors (Lipinski definition) is 0. The molecule has 0 saturated carbocycles. The molecule has 0 amide bonds. The largest absolute Gasteiger partial charge is 0.440 e. The summed E-state index contributed by atoms with van der Waals surface area (Å²) >= 11 is 3.46. The van der Waals surface area contributed by atoms with Gasteiger partial charge in [0, 0.05) is 88.7 Å². The molecule has 6 aromatic heterocycles. The predicted octanol–water partition coefficient (Wildman–Crippen LogP) is 14.7. The van der Waals surface area contributed by atoms with Gasteiger partial charge in [-0.15, -0.1) is 22.7 Å². The van der Waals surface area contributed by atoms with Crippen molar-refractivity contribution in [3.8, 4) is 22.6 Å². The fourth-order valence-corrected chi connectivity index (χ4v) is 9.31. The minimum absolute atomic E-state index is 0.733. The number of thiophene rings is 2.